The van der Waals surface area contributed by atoms with Crippen LogP contribution >= 0.6 is 11.6 Å². The summed E-state index contributed by atoms with van der Waals surface area (Å²) in [6.07, 6.45) is 3.82. The number of ether oxygens (including phenoxy) is 2. The van der Waals surface area contributed by atoms with Crippen molar-refractivity contribution < 1.29 is 17.9 Å². The lowest BCUT2D eigenvalue weighted by Crippen LogP contribution is -2.12. The number of rotatable bonds is 8. The molecule has 3 rings (SSSR count). The van der Waals surface area contributed by atoms with Crippen molar-refractivity contribution in [1.29, 1.82) is 0 Å². The maximum absolute atomic E-state index is 11.7. The maximum atomic E-state index is 11.7. The standard InChI is InChI=1S/C18H19ClN6O5S/c1-29-10-4-5-12(13(6-10)25-31(3,27)28)22-17-11(19)8-21-18(24-17)23-14-9-20-16(26)7-15(14)30-2/h4-9,25H,1-3H3,(H,20,26)(H2,21,22,23,24). The van der Waals surface area contributed by atoms with Crippen molar-refractivity contribution in [3.8, 4) is 11.5 Å². The Morgan fingerprint density at radius 3 is 2.52 bits per heavy atom. The van der Waals surface area contributed by atoms with Crippen LogP contribution in [0.25, 0.3) is 0 Å². The fraction of sp³-hybridized carbons (Fsp3) is 0.167. The fourth-order valence-corrected chi connectivity index (χ4v) is 3.23. The third-order valence-corrected chi connectivity index (χ3v) is 4.74. The molecule has 13 heteroatoms. The minimum atomic E-state index is -3.55. The van der Waals surface area contributed by atoms with Crippen LogP contribution in [-0.4, -0.2) is 43.8 Å². The first-order valence-electron chi connectivity index (χ1n) is 8.67. The number of aromatic nitrogens is 3. The summed E-state index contributed by atoms with van der Waals surface area (Å²) in [5, 5.41) is 6.11. The van der Waals surface area contributed by atoms with Gasteiger partial charge in [0.1, 0.15) is 22.2 Å². The number of nitrogens with one attached hydrogen (secondary N) is 4. The quantitative estimate of drug-likeness (QED) is 0.393. The number of pyridine rings is 1. The molecule has 0 unspecified atom stereocenters. The van der Waals surface area contributed by atoms with Crippen molar-refractivity contribution in [3.05, 3.63) is 52.0 Å². The van der Waals surface area contributed by atoms with Crippen molar-refractivity contribution in [2.45, 2.75) is 0 Å². The average Bonchev–Trinajstić information content (AvgIpc) is 2.71. The number of hydrogen-bond donors (Lipinski definition) is 4. The van der Waals surface area contributed by atoms with Crippen LogP contribution in [0.15, 0.2) is 41.5 Å². The zero-order chi connectivity index (χ0) is 22.6. The molecular weight excluding hydrogens is 448 g/mol. The molecule has 11 nitrogen and oxygen atoms in total. The second kappa shape index (κ2) is 9.10. The van der Waals surface area contributed by atoms with E-state index in [1.54, 1.807) is 12.1 Å². The molecule has 164 valence electrons. The second-order valence-electron chi connectivity index (χ2n) is 6.21. The normalized spacial score (nSPS) is 11.0. The molecule has 31 heavy (non-hydrogen) atoms. The van der Waals surface area contributed by atoms with Gasteiger partial charge >= 0.3 is 0 Å². The molecule has 0 amide bonds. The Bertz CT molecular complexity index is 1260. The summed E-state index contributed by atoms with van der Waals surface area (Å²) < 4.78 is 36.2. The van der Waals surface area contributed by atoms with E-state index in [9.17, 15) is 13.2 Å². The van der Waals surface area contributed by atoms with E-state index < -0.39 is 10.0 Å². The van der Waals surface area contributed by atoms with Crippen LogP contribution in [0.2, 0.25) is 5.02 Å². The van der Waals surface area contributed by atoms with Crippen LogP contribution in [-0.2, 0) is 10.0 Å². The number of H-pyrrole nitrogens is 1. The Kier molecular flexibility index (Phi) is 6.51. The number of anilines is 5. The van der Waals surface area contributed by atoms with Crippen molar-refractivity contribution >= 4 is 50.5 Å². The molecule has 0 radical (unpaired) electrons. The average molecular weight is 467 g/mol. The van der Waals surface area contributed by atoms with Gasteiger partial charge in [-0.15, -0.1) is 0 Å². The summed E-state index contributed by atoms with van der Waals surface area (Å²) >= 11 is 6.22. The highest BCUT2D eigenvalue weighted by atomic mass is 35.5. The van der Waals surface area contributed by atoms with Gasteiger partial charge in [0.25, 0.3) is 5.56 Å². The largest absolute Gasteiger partial charge is 0.497 e. The first-order valence-corrected chi connectivity index (χ1v) is 10.9. The summed E-state index contributed by atoms with van der Waals surface area (Å²) in [5.41, 5.74) is 0.735. The molecule has 4 N–H and O–H groups in total. The summed E-state index contributed by atoms with van der Waals surface area (Å²) in [5.74, 6) is 1.12. The minimum Gasteiger partial charge on any atom is -0.497 e. The van der Waals surface area contributed by atoms with Crippen molar-refractivity contribution in [1.82, 2.24) is 15.0 Å². The lowest BCUT2D eigenvalue weighted by molar-refractivity contribution is 0.415. The predicted octanol–water partition coefficient (Wildman–Crippen LogP) is 2.69. The number of methoxy groups -OCH3 is 2. The van der Waals surface area contributed by atoms with Gasteiger partial charge in [0.15, 0.2) is 5.82 Å². The number of nitrogens with zero attached hydrogens (tertiary/aromatic N) is 2. The first-order chi connectivity index (χ1) is 14.7. The number of hydrogen-bond acceptors (Lipinski definition) is 9. The third kappa shape index (κ3) is 5.77. The Morgan fingerprint density at radius 1 is 1.06 bits per heavy atom. The van der Waals surface area contributed by atoms with Crippen LogP contribution in [0.1, 0.15) is 0 Å². The van der Waals surface area contributed by atoms with E-state index in [1.165, 1.54) is 38.7 Å². The SMILES string of the molecule is COc1ccc(Nc2nc(Nc3c[nH]c(=O)cc3OC)ncc2Cl)c(NS(C)(=O)=O)c1. The monoisotopic (exact) mass is 466 g/mol. The van der Waals surface area contributed by atoms with Crippen LogP contribution in [0.4, 0.5) is 28.8 Å². The van der Waals surface area contributed by atoms with E-state index in [2.05, 4.69) is 30.3 Å². The van der Waals surface area contributed by atoms with Crippen molar-refractivity contribution in [3.63, 3.8) is 0 Å². The fourth-order valence-electron chi connectivity index (χ4n) is 2.53. The molecule has 0 fully saturated rings. The number of aromatic amines is 1. The summed E-state index contributed by atoms with van der Waals surface area (Å²) in [7, 11) is -0.658. The molecule has 0 saturated heterocycles. The lowest BCUT2D eigenvalue weighted by Gasteiger charge is -2.15. The lowest BCUT2D eigenvalue weighted by atomic mass is 10.2. The molecule has 0 aliphatic rings. The van der Waals surface area contributed by atoms with Crippen molar-refractivity contribution in [2.24, 2.45) is 0 Å². The smallest absolute Gasteiger partial charge is 0.251 e. The van der Waals surface area contributed by atoms with Gasteiger partial charge in [-0.2, -0.15) is 4.98 Å². The van der Waals surface area contributed by atoms with E-state index in [1.807, 2.05) is 0 Å². The van der Waals surface area contributed by atoms with E-state index in [4.69, 9.17) is 21.1 Å². The molecule has 0 saturated carbocycles. The Morgan fingerprint density at radius 2 is 1.84 bits per heavy atom. The summed E-state index contributed by atoms with van der Waals surface area (Å²) in [6, 6.07) is 6.05. The van der Waals surface area contributed by atoms with E-state index in [0.29, 0.717) is 22.9 Å². The number of halogens is 1. The maximum Gasteiger partial charge on any atom is 0.251 e. The van der Waals surface area contributed by atoms with Crippen LogP contribution in [0, 0.1) is 0 Å². The van der Waals surface area contributed by atoms with Crippen molar-refractivity contribution in [2.75, 3.05) is 35.8 Å². The topological polar surface area (TPSA) is 147 Å². The van der Waals surface area contributed by atoms with Gasteiger partial charge in [-0.3, -0.25) is 9.52 Å². The molecule has 3 aromatic rings. The zero-order valence-electron chi connectivity index (χ0n) is 16.7. The number of benzene rings is 1. The molecule has 0 spiro atoms. The Balaban J connectivity index is 1.94. The van der Waals surface area contributed by atoms with E-state index in [0.717, 1.165) is 6.26 Å². The molecule has 1 aromatic carbocycles. The molecule has 0 atom stereocenters. The van der Waals surface area contributed by atoms with Gasteiger partial charge in [-0.05, 0) is 12.1 Å². The number of sulfonamides is 1. The van der Waals surface area contributed by atoms with Gasteiger partial charge in [-0.1, -0.05) is 11.6 Å². The Labute approximate surface area is 182 Å². The molecule has 0 aliphatic carbocycles. The Hall–Kier alpha value is -3.51. The van der Waals surface area contributed by atoms with Gasteiger partial charge < -0.3 is 25.1 Å². The van der Waals surface area contributed by atoms with Crippen LogP contribution < -0.4 is 30.4 Å². The second-order valence-corrected chi connectivity index (χ2v) is 8.36. The van der Waals surface area contributed by atoms with Gasteiger partial charge in [0.05, 0.1) is 38.0 Å². The molecule has 0 bridgehead atoms. The highest BCUT2D eigenvalue weighted by molar-refractivity contribution is 7.92. The molecular formula is C18H19ClN6O5S. The third-order valence-electron chi connectivity index (χ3n) is 3.87. The minimum absolute atomic E-state index is 0.156. The van der Waals surface area contributed by atoms with Gasteiger partial charge in [0, 0.05) is 18.3 Å². The zero-order valence-corrected chi connectivity index (χ0v) is 18.3. The highest BCUT2D eigenvalue weighted by Gasteiger charge is 2.14. The van der Waals surface area contributed by atoms with E-state index in [-0.39, 0.29) is 28.0 Å². The molecule has 2 aromatic heterocycles. The van der Waals surface area contributed by atoms with Gasteiger partial charge in [0.2, 0.25) is 16.0 Å². The highest BCUT2D eigenvalue weighted by Crippen LogP contribution is 2.33. The van der Waals surface area contributed by atoms with Crippen LogP contribution in [0.3, 0.4) is 0 Å². The van der Waals surface area contributed by atoms with E-state index >= 15 is 0 Å². The summed E-state index contributed by atoms with van der Waals surface area (Å²) in [4.78, 5) is 22.4. The molecule has 2 heterocycles. The van der Waals surface area contributed by atoms with Gasteiger partial charge in [-0.25, -0.2) is 13.4 Å². The summed E-state index contributed by atoms with van der Waals surface area (Å²) in [6.45, 7) is 0. The predicted molar refractivity (Wildman–Crippen MR) is 119 cm³/mol. The first kappa shape index (κ1) is 22.2. The van der Waals surface area contributed by atoms with Crippen LogP contribution in [0.5, 0.6) is 11.5 Å². The molecule has 0 aliphatic heterocycles.